The molecule has 0 aliphatic carbocycles. The summed E-state index contributed by atoms with van der Waals surface area (Å²) in [6.07, 6.45) is 7.78. The molecule has 5 heterocycles. The van der Waals surface area contributed by atoms with E-state index >= 15 is 0 Å². The van der Waals surface area contributed by atoms with Crippen LogP contribution in [-0.4, -0.2) is 14.1 Å². The quantitative estimate of drug-likeness (QED) is 0.132. The zero-order valence-corrected chi connectivity index (χ0v) is 33.3. The van der Waals surface area contributed by atoms with Gasteiger partial charge >= 0.3 is 0 Å². The molecule has 11 aromatic rings. The molecule has 1 aliphatic heterocycles. The zero-order valence-electron chi connectivity index (χ0n) is 33.3. The van der Waals surface area contributed by atoms with Gasteiger partial charge in [-0.05, 0) is 99.5 Å². The number of nitrogens with zero attached hydrogens (tertiary/aromatic N) is 4. The topological polar surface area (TPSA) is 49.0 Å². The minimum absolute atomic E-state index is 0.0600. The van der Waals surface area contributed by atoms with Crippen LogP contribution in [0.15, 0.2) is 181 Å². The molecule has 4 aromatic heterocycles. The van der Waals surface area contributed by atoms with E-state index in [1.54, 1.807) is 0 Å². The van der Waals surface area contributed by atoms with E-state index in [9.17, 15) is 0 Å². The van der Waals surface area contributed by atoms with Gasteiger partial charge in [0, 0.05) is 40.0 Å². The smallest absolute Gasteiger partial charge is 0.269 e. The van der Waals surface area contributed by atoms with Crippen LogP contribution in [-0.2, 0) is 5.41 Å². The van der Waals surface area contributed by atoms with Crippen molar-refractivity contribution in [2.24, 2.45) is 0 Å². The Labute approximate surface area is 346 Å². The monoisotopic (exact) mass is 774 g/mol. The van der Waals surface area contributed by atoms with E-state index < -0.39 is 0 Å². The van der Waals surface area contributed by atoms with Crippen molar-refractivity contribution in [2.45, 2.75) is 26.2 Å². The van der Waals surface area contributed by atoms with Gasteiger partial charge in [-0.2, -0.15) is 0 Å². The number of benzene rings is 7. The first-order valence-electron chi connectivity index (χ1n) is 20.4. The van der Waals surface area contributed by atoms with Crippen molar-refractivity contribution in [1.82, 2.24) is 14.1 Å². The van der Waals surface area contributed by atoms with Crippen LogP contribution in [0.4, 0.5) is 0 Å². The summed E-state index contributed by atoms with van der Waals surface area (Å²) in [6.45, 7) is 6.69. The van der Waals surface area contributed by atoms with Crippen LogP contribution in [0.2, 0.25) is 0 Å². The maximum atomic E-state index is 6.75. The average Bonchev–Trinajstić information content (AvgIpc) is 3.98. The Kier molecular flexibility index (Phi) is 7.39. The lowest BCUT2D eigenvalue weighted by atomic mass is 9.88. The molecule has 0 N–H and O–H groups in total. The molecule has 0 unspecified atom stereocenters. The predicted octanol–water partition coefficient (Wildman–Crippen LogP) is 13.3. The van der Waals surface area contributed by atoms with Gasteiger partial charge in [0.15, 0.2) is 5.58 Å². The number of pyridine rings is 1. The van der Waals surface area contributed by atoms with Crippen molar-refractivity contribution in [3.8, 4) is 62.2 Å². The summed E-state index contributed by atoms with van der Waals surface area (Å²) >= 11 is 0. The van der Waals surface area contributed by atoms with Crippen molar-refractivity contribution >= 4 is 43.7 Å². The van der Waals surface area contributed by atoms with Gasteiger partial charge in [-0.1, -0.05) is 118 Å². The second kappa shape index (κ2) is 12.9. The molecule has 6 nitrogen and oxygen atoms in total. The Morgan fingerprint density at radius 3 is 2.12 bits per heavy atom. The Hall–Kier alpha value is -7.70. The largest absolute Gasteiger partial charge is 0.458 e. The lowest BCUT2D eigenvalue weighted by molar-refractivity contribution is -0.587. The molecule has 0 saturated carbocycles. The second-order valence-electron chi connectivity index (χ2n) is 16.6. The maximum absolute atomic E-state index is 6.75. The van der Waals surface area contributed by atoms with Gasteiger partial charge in [0.25, 0.3) is 6.33 Å². The van der Waals surface area contributed by atoms with Gasteiger partial charge < -0.3 is 9.15 Å². The van der Waals surface area contributed by atoms with Gasteiger partial charge in [0.2, 0.25) is 0 Å². The highest BCUT2D eigenvalue weighted by atomic mass is 16.5. The fourth-order valence-electron chi connectivity index (χ4n) is 9.07. The Morgan fingerprint density at radius 2 is 1.28 bits per heavy atom. The van der Waals surface area contributed by atoms with Crippen LogP contribution in [0.1, 0.15) is 26.3 Å². The normalized spacial score (nSPS) is 12.2. The first-order chi connectivity index (χ1) is 29.4. The van der Waals surface area contributed by atoms with Crippen molar-refractivity contribution in [3.63, 3.8) is 0 Å². The number of para-hydroxylation sites is 2. The molecule has 6 heteroatoms. The van der Waals surface area contributed by atoms with Gasteiger partial charge in [0.05, 0.1) is 28.1 Å². The van der Waals surface area contributed by atoms with Crippen LogP contribution in [0.25, 0.3) is 94.4 Å². The molecule has 12 rings (SSSR count). The lowest BCUT2D eigenvalue weighted by Gasteiger charge is -2.21. The number of hydrogen-bond acceptors (Lipinski definition) is 3. The SMILES string of the molecule is CC(C)(C)c1ccnc(-n2c3cc(Oc4cccc(-n5[c-][n+]6c(c5)-c5ccccc5-c5ccccc5-c5ccccc5-6)c4)ccc3c3ccc4c5ccccc5oc4c32)c1. The molecule has 0 atom stereocenters. The van der Waals surface area contributed by atoms with Crippen molar-refractivity contribution in [1.29, 1.82) is 0 Å². The minimum atomic E-state index is -0.0600. The summed E-state index contributed by atoms with van der Waals surface area (Å²) in [7, 11) is 0. The second-order valence-corrected chi connectivity index (χ2v) is 16.6. The third-order valence-corrected chi connectivity index (χ3v) is 12.0. The fraction of sp³-hybridized carbons (Fsp3) is 0.0741. The van der Waals surface area contributed by atoms with Gasteiger partial charge in [-0.25, -0.2) is 4.98 Å². The minimum Gasteiger partial charge on any atom is -0.458 e. The summed E-state index contributed by atoms with van der Waals surface area (Å²) in [5, 5.41) is 4.35. The van der Waals surface area contributed by atoms with Crippen molar-refractivity contribution in [2.75, 3.05) is 0 Å². The van der Waals surface area contributed by atoms with E-state index in [-0.39, 0.29) is 5.41 Å². The van der Waals surface area contributed by atoms with E-state index in [1.165, 1.54) is 22.3 Å². The molecule has 0 saturated heterocycles. The number of rotatable bonds is 4. The number of fused-ring (bicyclic) bond motifs is 15. The van der Waals surface area contributed by atoms with E-state index in [2.05, 4.69) is 187 Å². The first kappa shape index (κ1) is 34.4. The van der Waals surface area contributed by atoms with Crippen LogP contribution >= 0.6 is 0 Å². The number of ether oxygens (including phenoxy) is 1. The molecule has 1 aliphatic rings. The lowest BCUT2D eigenvalue weighted by Crippen LogP contribution is -2.33. The van der Waals surface area contributed by atoms with Crippen molar-refractivity contribution < 1.29 is 13.7 Å². The summed E-state index contributed by atoms with van der Waals surface area (Å²) in [4.78, 5) is 4.97. The number of imidazole rings is 1. The Bertz CT molecular complexity index is 3440. The highest BCUT2D eigenvalue weighted by Gasteiger charge is 2.25. The molecule has 0 spiro atoms. The van der Waals surface area contributed by atoms with Crippen LogP contribution in [0.3, 0.4) is 0 Å². The third-order valence-electron chi connectivity index (χ3n) is 12.0. The van der Waals surface area contributed by atoms with E-state index in [1.807, 2.05) is 30.5 Å². The fourth-order valence-corrected chi connectivity index (χ4v) is 9.07. The molecule has 0 radical (unpaired) electrons. The van der Waals surface area contributed by atoms with Crippen LogP contribution in [0.5, 0.6) is 11.5 Å². The van der Waals surface area contributed by atoms with E-state index in [0.717, 1.165) is 89.3 Å². The van der Waals surface area contributed by atoms with Crippen molar-refractivity contribution in [3.05, 3.63) is 188 Å². The highest BCUT2D eigenvalue weighted by Crippen LogP contribution is 2.43. The summed E-state index contributed by atoms with van der Waals surface area (Å²) in [5.74, 6) is 2.27. The summed E-state index contributed by atoms with van der Waals surface area (Å²) < 4.78 is 19.9. The maximum Gasteiger partial charge on any atom is 0.269 e. The highest BCUT2D eigenvalue weighted by molar-refractivity contribution is 6.21. The standard InChI is InChI=1S/C54H38N4O2/c1-54(2,3)34-27-28-55-51(29-34)58-48-31-37(23-24-43(48)45-25-26-46-44-20-9-11-22-50(44)60-53(46)52(45)58)59-36-14-12-13-35(30-36)56-32-49-42-19-7-6-17-40(42)38-15-4-5-16-39(38)41-18-8-10-21-47(41)57(49)33-56/h4-32H,1-3H3. The Balaban J connectivity index is 0.992. The number of furan rings is 1. The Morgan fingerprint density at radius 1 is 0.600 bits per heavy atom. The van der Waals surface area contributed by atoms with Gasteiger partial charge in [0.1, 0.15) is 22.9 Å². The zero-order chi connectivity index (χ0) is 40.1. The van der Waals surface area contributed by atoms with Crippen LogP contribution < -0.4 is 9.30 Å². The molecule has 286 valence electrons. The van der Waals surface area contributed by atoms with Gasteiger partial charge in [-0.15, -0.1) is 0 Å². The average molecular weight is 775 g/mol. The molecule has 0 fully saturated rings. The molecular weight excluding hydrogens is 737 g/mol. The predicted molar refractivity (Wildman–Crippen MR) is 241 cm³/mol. The van der Waals surface area contributed by atoms with E-state index in [0.29, 0.717) is 0 Å². The van der Waals surface area contributed by atoms with Crippen LogP contribution in [0, 0.1) is 6.33 Å². The van der Waals surface area contributed by atoms with Gasteiger partial charge in [-0.3, -0.25) is 13.7 Å². The summed E-state index contributed by atoms with van der Waals surface area (Å²) in [6, 6.07) is 57.3. The molecule has 7 aromatic carbocycles. The molecule has 60 heavy (non-hydrogen) atoms. The molecule has 0 amide bonds. The summed E-state index contributed by atoms with van der Waals surface area (Å²) in [5.41, 5.74) is 13.8. The molecular formula is C54H38N4O2. The number of aromatic nitrogens is 4. The first-order valence-corrected chi connectivity index (χ1v) is 20.4. The number of hydrogen-bond donors (Lipinski definition) is 0. The van der Waals surface area contributed by atoms with E-state index in [4.69, 9.17) is 14.1 Å². The third kappa shape index (κ3) is 5.27. The molecule has 0 bridgehead atoms.